The fourth-order valence-electron chi connectivity index (χ4n) is 4.51. The Morgan fingerprint density at radius 2 is 1.42 bits per heavy atom. The van der Waals surface area contributed by atoms with Crippen molar-refractivity contribution in [3.8, 4) is 11.5 Å². The molecule has 0 unspecified atom stereocenters. The molecule has 2 saturated carbocycles. The molecule has 6 heteroatoms. The molecule has 2 nitrogen and oxygen atoms in total. The minimum absolute atomic E-state index is 0.325. The summed E-state index contributed by atoms with van der Waals surface area (Å²) in [5.41, 5.74) is 0. The van der Waals surface area contributed by atoms with Gasteiger partial charge in [0.25, 0.3) is 0 Å². The summed E-state index contributed by atoms with van der Waals surface area (Å²) < 4.78 is 60.5. The number of phenolic OH excluding ortho intramolecular Hbond substituents is 1. The summed E-state index contributed by atoms with van der Waals surface area (Å²) in [5, 5.41) is 9.08. The van der Waals surface area contributed by atoms with Crippen LogP contribution in [0.15, 0.2) is 12.1 Å². The lowest BCUT2D eigenvalue weighted by molar-refractivity contribution is -0.225. The van der Waals surface area contributed by atoms with E-state index in [1.165, 1.54) is 25.7 Å². The molecule has 0 amide bonds. The van der Waals surface area contributed by atoms with Crippen LogP contribution in [0.5, 0.6) is 11.5 Å². The lowest BCUT2D eigenvalue weighted by Gasteiger charge is -2.38. The highest BCUT2D eigenvalue weighted by atomic mass is 19.3. The van der Waals surface area contributed by atoms with E-state index in [0.29, 0.717) is 24.7 Å². The Labute approximate surface area is 151 Å². The van der Waals surface area contributed by atoms with E-state index in [4.69, 9.17) is 5.11 Å². The molecule has 0 heterocycles. The number of hydrogen-bond donors (Lipinski definition) is 1. The highest BCUT2D eigenvalue weighted by molar-refractivity contribution is 5.34. The van der Waals surface area contributed by atoms with Crippen LogP contribution in [0.25, 0.3) is 0 Å². The molecule has 2 fully saturated rings. The normalized spacial score (nSPS) is 30.2. The van der Waals surface area contributed by atoms with Crippen molar-refractivity contribution in [2.24, 2.45) is 23.7 Å². The molecular formula is C20H26F4O2. The van der Waals surface area contributed by atoms with Gasteiger partial charge in [-0.2, -0.15) is 17.6 Å². The number of rotatable bonds is 4. The molecule has 0 aliphatic heterocycles. The molecule has 0 saturated heterocycles. The molecule has 26 heavy (non-hydrogen) atoms. The summed E-state index contributed by atoms with van der Waals surface area (Å²) in [6.45, 7) is 2.26. The zero-order chi connectivity index (χ0) is 18.9. The quantitative estimate of drug-likeness (QED) is 0.629. The minimum atomic E-state index is -3.56. The van der Waals surface area contributed by atoms with Gasteiger partial charge in [0.2, 0.25) is 11.6 Å². The molecule has 2 aliphatic rings. The van der Waals surface area contributed by atoms with Crippen molar-refractivity contribution in [1.82, 2.24) is 0 Å². The van der Waals surface area contributed by atoms with Gasteiger partial charge in [0.1, 0.15) is 0 Å². The van der Waals surface area contributed by atoms with Gasteiger partial charge < -0.3 is 9.84 Å². The predicted octanol–water partition coefficient (Wildman–Crippen LogP) is 6.27. The zero-order valence-corrected chi connectivity index (χ0v) is 15.0. The van der Waals surface area contributed by atoms with Crippen molar-refractivity contribution >= 4 is 0 Å². The van der Waals surface area contributed by atoms with Gasteiger partial charge in [-0.3, -0.25) is 0 Å². The molecule has 1 N–H and O–H groups in total. The second kappa shape index (κ2) is 7.65. The van der Waals surface area contributed by atoms with E-state index < -0.39 is 35.2 Å². The summed E-state index contributed by atoms with van der Waals surface area (Å²) in [6.07, 6.45) is 3.35. The van der Waals surface area contributed by atoms with E-state index in [1.807, 2.05) is 0 Å². The molecule has 0 atom stereocenters. The van der Waals surface area contributed by atoms with Gasteiger partial charge in [-0.1, -0.05) is 19.8 Å². The Hall–Kier alpha value is -1.46. The van der Waals surface area contributed by atoms with Crippen molar-refractivity contribution in [3.63, 3.8) is 0 Å². The third-order valence-corrected chi connectivity index (χ3v) is 6.25. The van der Waals surface area contributed by atoms with Crippen molar-refractivity contribution < 1.29 is 27.4 Å². The van der Waals surface area contributed by atoms with Crippen LogP contribution in [-0.4, -0.2) is 11.2 Å². The van der Waals surface area contributed by atoms with Gasteiger partial charge >= 0.3 is 6.11 Å². The molecule has 146 valence electrons. The lowest BCUT2D eigenvalue weighted by Crippen LogP contribution is -2.38. The summed E-state index contributed by atoms with van der Waals surface area (Å²) in [7, 11) is 0. The highest BCUT2D eigenvalue weighted by Gasteiger charge is 2.45. The molecule has 0 bridgehead atoms. The van der Waals surface area contributed by atoms with Gasteiger partial charge in [-0.25, -0.2) is 0 Å². The SMILES string of the molecule is CC1CCC(C2CCC(C(F)(F)Oc3ccc(O)c(F)c3F)CC2)CC1. The summed E-state index contributed by atoms with van der Waals surface area (Å²) in [5.74, 6) is -4.08. The van der Waals surface area contributed by atoms with Crippen LogP contribution in [0.4, 0.5) is 17.6 Å². The average Bonchev–Trinajstić information content (AvgIpc) is 2.63. The number of benzene rings is 1. The van der Waals surface area contributed by atoms with E-state index in [1.54, 1.807) is 0 Å². The standard InChI is InChI=1S/C20H26F4O2/c1-12-2-4-13(5-3-12)14-6-8-15(9-7-14)20(23,24)26-17-11-10-16(25)18(21)19(17)22/h10-15,25H,2-9H2,1H3. The monoisotopic (exact) mass is 374 g/mol. The number of ether oxygens (including phenoxy) is 1. The Morgan fingerprint density at radius 1 is 0.885 bits per heavy atom. The van der Waals surface area contributed by atoms with Crippen molar-refractivity contribution in [2.45, 2.75) is 64.4 Å². The van der Waals surface area contributed by atoms with E-state index >= 15 is 0 Å². The predicted molar refractivity (Wildman–Crippen MR) is 90.2 cm³/mol. The van der Waals surface area contributed by atoms with Crippen molar-refractivity contribution in [2.75, 3.05) is 0 Å². The second-order valence-electron chi connectivity index (χ2n) is 8.01. The minimum Gasteiger partial charge on any atom is -0.505 e. The second-order valence-corrected chi connectivity index (χ2v) is 8.01. The van der Waals surface area contributed by atoms with Gasteiger partial charge in [-0.05, 0) is 68.4 Å². The smallest absolute Gasteiger partial charge is 0.400 e. The first-order valence-electron chi connectivity index (χ1n) is 9.51. The van der Waals surface area contributed by atoms with Crippen LogP contribution in [0.2, 0.25) is 0 Å². The van der Waals surface area contributed by atoms with Crippen LogP contribution in [0.3, 0.4) is 0 Å². The van der Waals surface area contributed by atoms with Crippen LogP contribution < -0.4 is 4.74 Å². The van der Waals surface area contributed by atoms with Crippen LogP contribution in [-0.2, 0) is 0 Å². The molecule has 0 spiro atoms. The third-order valence-electron chi connectivity index (χ3n) is 6.25. The lowest BCUT2D eigenvalue weighted by atomic mass is 9.69. The first-order chi connectivity index (χ1) is 12.3. The molecule has 0 radical (unpaired) electrons. The zero-order valence-electron chi connectivity index (χ0n) is 15.0. The Bertz CT molecular complexity index is 618. The number of aromatic hydroxyl groups is 1. The molecule has 2 aliphatic carbocycles. The first-order valence-corrected chi connectivity index (χ1v) is 9.51. The van der Waals surface area contributed by atoms with Crippen LogP contribution in [0, 0.1) is 35.3 Å². The number of alkyl halides is 2. The van der Waals surface area contributed by atoms with Gasteiger partial charge in [0.05, 0.1) is 5.92 Å². The summed E-state index contributed by atoms with van der Waals surface area (Å²) in [6, 6.07) is 1.64. The maximum absolute atomic E-state index is 14.5. The number of hydrogen-bond acceptors (Lipinski definition) is 2. The van der Waals surface area contributed by atoms with Crippen molar-refractivity contribution in [3.05, 3.63) is 23.8 Å². The fourth-order valence-corrected chi connectivity index (χ4v) is 4.51. The molecule has 3 rings (SSSR count). The summed E-state index contributed by atoms with van der Waals surface area (Å²) >= 11 is 0. The van der Waals surface area contributed by atoms with Gasteiger partial charge in [0, 0.05) is 0 Å². The van der Waals surface area contributed by atoms with E-state index in [2.05, 4.69) is 11.7 Å². The Kier molecular flexibility index (Phi) is 5.68. The maximum atomic E-state index is 14.5. The third kappa shape index (κ3) is 4.09. The first kappa shape index (κ1) is 19.3. The molecular weight excluding hydrogens is 348 g/mol. The molecule has 1 aromatic rings. The van der Waals surface area contributed by atoms with Crippen molar-refractivity contribution in [1.29, 1.82) is 0 Å². The number of halogens is 4. The highest BCUT2D eigenvalue weighted by Crippen LogP contribution is 2.45. The van der Waals surface area contributed by atoms with Crippen LogP contribution in [0.1, 0.15) is 58.3 Å². The van der Waals surface area contributed by atoms with E-state index in [0.717, 1.165) is 30.9 Å². The Balaban J connectivity index is 1.58. The van der Waals surface area contributed by atoms with Crippen LogP contribution >= 0.6 is 0 Å². The molecule has 0 aromatic heterocycles. The number of phenols is 1. The molecule has 1 aromatic carbocycles. The largest absolute Gasteiger partial charge is 0.505 e. The maximum Gasteiger partial charge on any atom is 0.400 e. The Morgan fingerprint density at radius 3 is 2.00 bits per heavy atom. The van der Waals surface area contributed by atoms with E-state index in [-0.39, 0.29) is 0 Å². The van der Waals surface area contributed by atoms with E-state index in [9.17, 15) is 17.6 Å². The fraction of sp³-hybridized carbons (Fsp3) is 0.700. The topological polar surface area (TPSA) is 29.5 Å². The van der Waals surface area contributed by atoms with Gasteiger partial charge in [-0.15, -0.1) is 0 Å². The average molecular weight is 374 g/mol. The summed E-state index contributed by atoms with van der Waals surface area (Å²) in [4.78, 5) is 0. The van der Waals surface area contributed by atoms with Gasteiger partial charge in [0.15, 0.2) is 11.5 Å².